The van der Waals surface area contributed by atoms with Gasteiger partial charge in [0.05, 0.1) is 4.91 Å². The summed E-state index contributed by atoms with van der Waals surface area (Å²) in [7, 11) is 0. The lowest BCUT2D eigenvalue weighted by Gasteiger charge is -2.04. The number of hydrogen-bond donors (Lipinski definition) is 0. The number of rotatable bonds is 5. The van der Waals surface area contributed by atoms with Crippen molar-refractivity contribution in [2.24, 2.45) is 0 Å². The molecular weight excluding hydrogens is 350 g/mol. The number of nitriles is 1. The second kappa shape index (κ2) is 8.43. The van der Waals surface area contributed by atoms with Crippen molar-refractivity contribution in [2.75, 3.05) is 0 Å². The van der Waals surface area contributed by atoms with Crippen LogP contribution in [0.5, 0.6) is 5.75 Å². The monoisotopic (exact) mass is 363 g/mol. The van der Waals surface area contributed by atoms with Gasteiger partial charge in [0, 0.05) is 5.02 Å². The lowest BCUT2D eigenvalue weighted by Crippen LogP contribution is -1.84. The quantitative estimate of drug-likeness (QED) is 0.289. The van der Waals surface area contributed by atoms with E-state index in [-0.39, 0.29) is 0 Å². The average Bonchev–Trinajstić information content (AvgIpc) is 2.65. The lowest BCUT2D eigenvalue weighted by atomic mass is 10.1. The van der Waals surface area contributed by atoms with Gasteiger partial charge in [-0.15, -0.1) is 0 Å². The fraction of sp³-hybridized carbons (Fsp3) is 0. The second-order valence-electron chi connectivity index (χ2n) is 5.20. The van der Waals surface area contributed by atoms with Crippen LogP contribution in [0, 0.1) is 10.7 Å². The van der Waals surface area contributed by atoms with Gasteiger partial charge in [0.2, 0.25) is 0 Å². The maximum absolute atomic E-state index is 8.98. The molecule has 0 radical (unpaired) electrons. The Morgan fingerprint density at radius 3 is 2.56 bits per heavy atom. The molecule has 3 aromatic carbocycles. The summed E-state index contributed by atoms with van der Waals surface area (Å²) >= 11 is 7.18. The Morgan fingerprint density at radius 2 is 1.76 bits per heavy atom. The van der Waals surface area contributed by atoms with Gasteiger partial charge >= 0.3 is 0 Å². The van der Waals surface area contributed by atoms with E-state index in [4.69, 9.17) is 21.6 Å². The van der Waals surface area contributed by atoms with Gasteiger partial charge in [0.15, 0.2) is 0 Å². The number of thioether (sulfide) groups is 1. The summed E-state index contributed by atoms with van der Waals surface area (Å²) in [5, 5.41) is 14.0. The summed E-state index contributed by atoms with van der Waals surface area (Å²) in [6.07, 6.45) is 5.25. The lowest BCUT2D eigenvalue weighted by molar-refractivity contribution is 0.481. The van der Waals surface area contributed by atoms with Gasteiger partial charge in [-0.3, -0.25) is 0 Å². The van der Waals surface area contributed by atoms with E-state index in [1.165, 1.54) is 0 Å². The molecule has 0 unspecified atom stereocenters. The Bertz CT molecular complexity index is 988. The molecule has 0 bridgehead atoms. The first-order valence-corrected chi connectivity index (χ1v) is 8.80. The van der Waals surface area contributed by atoms with Gasteiger partial charge in [-0.05, 0) is 52.4 Å². The molecule has 0 aliphatic carbocycles. The van der Waals surface area contributed by atoms with E-state index in [2.05, 4.69) is 11.5 Å². The zero-order valence-electron chi connectivity index (χ0n) is 13.2. The normalized spacial score (nSPS) is 11.6. The van der Waals surface area contributed by atoms with Crippen LogP contribution in [-0.2, 0) is 0 Å². The highest BCUT2D eigenvalue weighted by atomic mass is 35.5. The van der Waals surface area contributed by atoms with Crippen molar-refractivity contribution in [3.05, 3.63) is 94.6 Å². The molecule has 0 saturated heterocycles. The van der Waals surface area contributed by atoms with E-state index in [0.717, 1.165) is 33.8 Å². The van der Waals surface area contributed by atoms with Crippen LogP contribution < -0.4 is 4.74 Å². The Labute approximate surface area is 156 Å². The largest absolute Gasteiger partial charge is 0.464 e. The molecule has 3 aromatic rings. The first-order valence-electron chi connectivity index (χ1n) is 7.60. The minimum absolute atomic E-state index is 0.663. The molecule has 25 heavy (non-hydrogen) atoms. The number of nitrogens with zero attached hydrogens (tertiary/aromatic N) is 1. The van der Waals surface area contributed by atoms with Gasteiger partial charge in [-0.1, -0.05) is 66.2 Å². The molecule has 0 saturated carbocycles. The number of thiocyanates is 1. The molecule has 4 heteroatoms. The fourth-order valence-corrected chi connectivity index (χ4v) is 2.84. The van der Waals surface area contributed by atoms with Gasteiger partial charge in [0.1, 0.15) is 17.4 Å². The topological polar surface area (TPSA) is 33.0 Å². The van der Waals surface area contributed by atoms with Crippen LogP contribution in [0.2, 0.25) is 5.02 Å². The zero-order valence-corrected chi connectivity index (χ0v) is 14.8. The summed E-state index contributed by atoms with van der Waals surface area (Å²) in [5.41, 5.74) is 0.888. The SMILES string of the molecule is N#CSC(C=Cc1ccccc1Cl)=COc1ccc2ccccc2c1. The molecule has 0 spiro atoms. The van der Waals surface area contributed by atoms with E-state index in [1.54, 1.807) is 6.26 Å². The molecule has 0 atom stereocenters. The van der Waals surface area contributed by atoms with E-state index < -0.39 is 0 Å². The van der Waals surface area contributed by atoms with Crippen LogP contribution >= 0.6 is 23.4 Å². The number of benzene rings is 3. The summed E-state index contributed by atoms with van der Waals surface area (Å²) < 4.78 is 5.73. The van der Waals surface area contributed by atoms with Crippen molar-refractivity contribution < 1.29 is 4.74 Å². The minimum Gasteiger partial charge on any atom is -0.464 e. The highest BCUT2D eigenvalue weighted by Crippen LogP contribution is 2.24. The Balaban J connectivity index is 1.79. The van der Waals surface area contributed by atoms with E-state index in [0.29, 0.717) is 9.93 Å². The van der Waals surface area contributed by atoms with Crippen LogP contribution in [0.1, 0.15) is 5.56 Å². The molecule has 0 amide bonds. The maximum Gasteiger partial charge on any atom is 0.138 e. The third kappa shape index (κ3) is 4.67. The average molecular weight is 364 g/mol. The third-order valence-electron chi connectivity index (χ3n) is 3.53. The molecule has 122 valence electrons. The van der Waals surface area contributed by atoms with E-state index in [9.17, 15) is 0 Å². The van der Waals surface area contributed by atoms with E-state index >= 15 is 0 Å². The number of fused-ring (bicyclic) bond motifs is 1. The van der Waals surface area contributed by atoms with Crippen LogP contribution in [0.3, 0.4) is 0 Å². The number of hydrogen-bond acceptors (Lipinski definition) is 3. The van der Waals surface area contributed by atoms with Gasteiger partial charge < -0.3 is 4.74 Å². The molecular formula is C21H14ClNOS. The Kier molecular flexibility index (Phi) is 5.79. The molecule has 2 nitrogen and oxygen atoms in total. The molecule has 0 fully saturated rings. The van der Waals surface area contributed by atoms with Crippen molar-refractivity contribution in [3.63, 3.8) is 0 Å². The van der Waals surface area contributed by atoms with Crippen molar-refractivity contribution in [3.8, 4) is 11.2 Å². The first-order chi connectivity index (χ1) is 12.3. The van der Waals surface area contributed by atoms with Crippen LogP contribution in [-0.4, -0.2) is 0 Å². The van der Waals surface area contributed by atoms with Gasteiger partial charge in [0.25, 0.3) is 0 Å². The predicted molar refractivity (Wildman–Crippen MR) is 106 cm³/mol. The zero-order chi connectivity index (χ0) is 17.5. The molecule has 0 N–H and O–H groups in total. The predicted octanol–water partition coefficient (Wildman–Crippen LogP) is 6.64. The van der Waals surface area contributed by atoms with Gasteiger partial charge in [-0.25, -0.2) is 0 Å². The summed E-state index contributed by atoms with van der Waals surface area (Å²) in [6, 6.07) is 21.5. The molecule has 0 heterocycles. The van der Waals surface area contributed by atoms with Crippen molar-refractivity contribution in [1.29, 1.82) is 5.26 Å². The maximum atomic E-state index is 8.98. The second-order valence-corrected chi connectivity index (χ2v) is 6.46. The standard InChI is InChI=1S/C21H14ClNOS/c22-21-8-4-3-6-17(21)10-12-20(25-15-23)14-24-19-11-9-16-5-1-2-7-18(16)13-19/h1-14H. The highest BCUT2D eigenvalue weighted by molar-refractivity contribution is 8.07. The van der Waals surface area contributed by atoms with Crippen molar-refractivity contribution in [1.82, 2.24) is 0 Å². The molecule has 0 aromatic heterocycles. The number of ether oxygens (including phenoxy) is 1. The highest BCUT2D eigenvalue weighted by Gasteiger charge is 1.99. The minimum atomic E-state index is 0.663. The third-order valence-corrected chi connectivity index (χ3v) is 4.43. The van der Waals surface area contributed by atoms with Crippen LogP contribution in [0.25, 0.3) is 16.8 Å². The van der Waals surface area contributed by atoms with Gasteiger partial charge in [-0.2, -0.15) is 5.26 Å². The summed E-state index contributed by atoms with van der Waals surface area (Å²) in [4.78, 5) is 0.690. The smallest absolute Gasteiger partial charge is 0.138 e. The molecule has 3 rings (SSSR count). The number of halogens is 1. The summed E-state index contributed by atoms with van der Waals surface area (Å²) in [5.74, 6) is 0.723. The number of allylic oxidation sites excluding steroid dienone is 1. The molecule has 0 aliphatic rings. The Hall–Kier alpha value is -2.67. The van der Waals surface area contributed by atoms with Crippen LogP contribution in [0.4, 0.5) is 0 Å². The first kappa shape index (κ1) is 17.2. The fourth-order valence-electron chi connectivity index (χ4n) is 2.30. The molecule has 0 aliphatic heterocycles. The Morgan fingerprint density at radius 1 is 1.00 bits per heavy atom. The summed E-state index contributed by atoms with van der Waals surface area (Å²) in [6.45, 7) is 0. The van der Waals surface area contributed by atoms with Crippen molar-refractivity contribution in [2.45, 2.75) is 0 Å². The van der Waals surface area contributed by atoms with E-state index in [1.807, 2.05) is 72.8 Å². The van der Waals surface area contributed by atoms with Crippen molar-refractivity contribution >= 4 is 40.2 Å². The van der Waals surface area contributed by atoms with Crippen LogP contribution in [0.15, 0.2) is 84.0 Å².